The summed E-state index contributed by atoms with van der Waals surface area (Å²) < 4.78 is 0. The smallest absolute Gasteiger partial charge is 1.00 e. The molecule has 0 aromatic carbocycles. The molecule has 1 atom stereocenters. The summed E-state index contributed by atoms with van der Waals surface area (Å²) in [5.74, 6) is -0.956. The summed E-state index contributed by atoms with van der Waals surface area (Å²) in [4.78, 5) is 18.6. The van der Waals surface area contributed by atoms with Gasteiger partial charge in [0.25, 0.3) is 0 Å². The number of carboxylic acid groups (broad SMARTS) is 1. The van der Waals surface area contributed by atoms with Crippen LogP contribution in [0.1, 0.15) is 7.85 Å². The molecule has 9 heavy (non-hydrogen) atoms. The zero-order valence-electron chi connectivity index (χ0n) is 6.16. The van der Waals surface area contributed by atoms with Crippen molar-refractivity contribution in [3.63, 3.8) is 0 Å². The third kappa shape index (κ3) is 3.08. The van der Waals surface area contributed by atoms with Gasteiger partial charge in [0, 0.05) is 6.42 Å². The Morgan fingerprint density at radius 2 is 2.44 bits per heavy atom. The quantitative estimate of drug-likeness (QED) is 0.324. The number of hydrogen-bond donors (Lipinski definition) is 1. The maximum absolute atomic E-state index is 10.00. The fourth-order valence-electron chi connectivity index (χ4n) is 0.498. The van der Waals surface area contributed by atoms with Crippen LogP contribution in [0.15, 0.2) is 0 Å². The van der Waals surface area contributed by atoms with Crippen LogP contribution in [0, 0.1) is 0 Å². The first-order valence-electron chi connectivity index (χ1n) is 2.32. The molecular formula is C4H7KO4. The molecule has 1 saturated heterocycles. The van der Waals surface area contributed by atoms with Crippen molar-refractivity contribution in [3.05, 3.63) is 0 Å². The summed E-state index contributed by atoms with van der Waals surface area (Å²) in [5.41, 5.74) is 0. The largest absolute Gasteiger partial charge is 1.00 e. The van der Waals surface area contributed by atoms with Crippen LogP contribution < -0.4 is 51.4 Å². The summed E-state index contributed by atoms with van der Waals surface area (Å²) in [6.45, 7) is 0.386. The Bertz CT molecular complexity index is 103. The van der Waals surface area contributed by atoms with Crippen molar-refractivity contribution in [2.24, 2.45) is 0 Å². The molecule has 0 amide bonds. The van der Waals surface area contributed by atoms with Crippen LogP contribution in [0.25, 0.3) is 0 Å². The Morgan fingerprint density at radius 1 is 1.78 bits per heavy atom. The van der Waals surface area contributed by atoms with Gasteiger partial charge in [-0.1, -0.05) is 0 Å². The van der Waals surface area contributed by atoms with Gasteiger partial charge in [0.05, 0.1) is 6.61 Å². The van der Waals surface area contributed by atoms with Gasteiger partial charge in [0.1, 0.15) is 0 Å². The molecule has 0 saturated carbocycles. The van der Waals surface area contributed by atoms with Crippen LogP contribution in [-0.4, -0.2) is 23.8 Å². The monoisotopic (exact) mass is 158 g/mol. The number of rotatable bonds is 1. The van der Waals surface area contributed by atoms with Gasteiger partial charge in [-0.05, 0) is 0 Å². The van der Waals surface area contributed by atoms with E-state index in [2.05, 4.69) is 9.78 Å². The van der Waals surface area contributed by atoms with Gasteiger partial charge in [-0.15, -0.1) is 0 Å². The number of carbonyl (C=O) groups is 1. The number of aliphatic carboxylic acids is 1. The normalized spacial score (nSPS) is 25.1. The molecule has 0 radical (unpaired) electrons. The van der Waals surface area contributed by atoms with E-state index in [9.17, 15) is 4.79 Å². The fraction of sp³-hybridized carbons (Fsp3) is 0.750. The van der Waals surface area contributed by atoms with Gasteiger partial charge < -0.3 is 6.53 Å². The van der Waals surface area contributed by atoms with E-state index in [4.69, 9.17) is 5.11 Å². The molecule has 1 rings (SSSR count). The summed E-state index contributed by atoms with van der Waals surface area (Å²) in [7, 11) is 0. The van der Waals surface area contributed by atoms with E-state index in [0.29, 0.717) is 13.0 Å². The predicted octanol–water partition coefficient (Wildman–Crippen LogP) is -3.09. The van der Waals surface area contributed by atoms with Crippen LogP contribution in [0.2, 0.25) is 0 Å². The topological polar surface area (TPSA) is 55.8 Å². The molecule has 0 aliphatic carbocycles. The van der Waals surface area contributed by atoms with E-state index in [0.717, 1.165) is 0 Å². The molecule has 1 unspecified atom stereocenters. The van der Waals surface area contributed by atoms with E-state index in [1.54, 1.807) is 0 Å². The zero-order chi connectivity index (χ0) is 5.98. The van der Waals surface area contributed by atoms with Gasteiger partial charge in [-0.3, -0.25) is 0 Å². The summed E-state index contributed by atoms with van der Waals surface area (Å²) in [6.07, 6.45) is -0.287. The van der Waals surface area contributed by atoms with Gasteiger partial charge in [-0.2, -0.15) is 0 Å². The van der Waals surface area contributed by atoms with Crippen LogP contribution in [-0.2, 0) is 14.6 Å². The van der Waals surface area contributed by atoms with Crippen LogP contribution >= 0.6 is 0 Å². The summed E-state index contributed by atoms with van der Waals surface area (Å²) >= 11 is 0. The Balaban J connectivity index is 0. The van der Waals surface area contributed by atoms with Gasteiger partial charge in [0.15, 0.2) is 6.10 Å². The summed E-state index contributed by atoms with van der Waals surface area (Å²) in [6, 6.07) is 0. The van der Waals surface area contributed by atoms with E-state index in [1.165, 1.54) is 0 Å². The molecule has 1 aliphatic heterocycles. The van der Waals surface area contributed by atoms with E-state index >= 15 is 0 Å². The standard InChI is InChI=1S/C4H6O4.K.H/c5-4(6)3-1-2-7-8-3;;/h3H,1-2H2,(H,5,6);;/q;+1;-1. The average molecular weight is 158 g/mol. The Kier molecular flexibility index (Phi) is 5.33. The SMILES string of the molecule is O=C(O)C1CCOO1.[H-].[K+]. The average Bonchev–Trinajstić information content (AvgIpc) is 2.12. The molecule has 1 heterocycles. The fourth-order valence-corrected chi connectivity index (χ4v) is 0.498. The van der Waals surface area contributed by atoms with Crippen LogP contribution in [0.4, 0.5) is 0 Å². The van der Waals surface area contributed by atoms with Crippen molar-refractivity contribution in [1.29, 1.82) is 0 Å². The van der Waals surface area contributed by atoms with Gasteiger partial charge in [-0.25, -0.2) is 14.6 Å². The first-order chi connectivity index (χ1) is 3.80. The second-order valence-corrected chi connectivity index (χ2v) is 1.53. The van der Waals surface area contributed by atoms with E-state index < -0.39 is 12.1 Å². The minimum atomic E-state index is -0.956. The molecule has 0 spiro atoms. The van der Waals surface area contributed by atoms with Crippen molar-refractivity contribution in [1.82, 2.24) is 0 Å². The molecule has 1 N–H and O–H groups in total. The third-order valence-corrected chi connectivity index (χ3v) is 0.923. The van der Waals surface area contributed by atoms with Crippen LogP contribution in [0.3, 0.4) is 0 Å². The molecule has 1 aliphatic rings. The van der Waals surface area contributed by atoms with Crippen molar-refractivity contribution in [2.75, 3.05) is 6.61 Å². The zero-order valence-corrected chi connectivity index (χ0v) is 8.29. The Morgan fingerprint density at radius 3 is 2.67 bits per heavy atom. The summed E-state index contributed by atoms with van der Waals surface area (Å²) in [5, 5.41) is 8.21. The predicted molar refractivity (Wildman–Crippen MR) is 24.2 cm³/mol. The minimum absolute atomic E-state index is 0. The molecule has 0 aromatic rings. The second kappa shape index (κ2) is 4.78. The number of hydrogen-bond acceptors (Lipinski definition) is 3. The van der Waals surface area contributed by atoms with Crippen molar-refractivity contribution >= 4 is 5.97 Å². The molecule has 4 nitrogen and oxygen atoms in total. The van der Waals surface area contributed by atoms with Crippen LogP contribution in [0.5, 0.6) is 0 Å². The first kappa shape index (κ1) is 10.0. The van der Waals surface area contributed by atoms with Gasteiger partial charge in [0.2, 0.25) is 0 Å². The van der Waals surface area contributed by atoms with E-state index in [-0.39, 0.29) is 52.8 Å². The Hall–Kier alpha value is 1.03. The van der Waals surface area contributed by atoms with Crippen molar-refractivity contribution < 1.29 is 72.5 Å². The van der Waals surface area contributed by atoms with Crippen molar-refractivity contribution in [2.45, 2.75) is 12.5 Å². The minimum Gasteiger partial charge on any atom is -1.00 e. The first-order valence-corrected chi connectivity index (χ1v) is 2.32. The molecule has 1 fully saturated rings. The maximum atomic E-state index is 10.00. The molecule has 0 aromatic heterocycles. The number of carboxylic acids is 1. The Labute approximate surface area is 96.3 Å². The van der Waals surface area contributed by atoms with E-state index in [1.807, 2.05) is 0 Å². The maximum Gasteiger partial charge on any atom is 1.00 e. The third-order valence-electron chi connectivity index (χ3n) is 0.923. The molecular weight excluding hydrogens is 151 g/mol. The molecule has 48 valence electrons. The van der Waals surface area contributed by atoms with Crippen molar-refractivity contribution in [3.8, 4) is 0 Å². The molecule has 5 heteroatoms. The second-order valence-electron chi connectivity index (χ2n) is 1.53. The molecule has 0 bridgehead atoms. The van der Waals surface area contributed by atoms with Gasteiger partial charge >= 0.3 is 57.4 Å².